The van der Waals surface area contributed by atoms with Crippen molar-refractivity contribution in [3.05, 3.63) is 0 Å². The molecular formula is C13H27N3O3S. The Morgan fingerprint density at radius 3 is 2.45 bits per heavy atom. The van der Waals surface area contributed by atoms with Crippen LogP contribution in [0.3, 0.4) is 0 Å². The van der Waals surface area contributed by atoms with Crippen LogP contribution in [0.2, 0.25) is 0 Å². The summed E-state index contributed by atoms with van der Waals surface area (Å²) in [6, 6.07) is -0.0304. The molecule has 0 aromatic rings. The summed E-state index contributed by atoms with van der Waals surface area (Å²) in [5.74, 6) is -0.0299. The highest BCUT2D eigenvalue weighted by atomic mass is 32.2. The van der Waals surface area contributed by atoms with Gasteiger partial charge >= 0.3 is 0 Å². The topological polar surface area (TPSA) is 87.3 Å². The maximum atomic E-state index is 12.1. The van der Waals surface area contributed by atoms with E-state index in [4.69, 9.17) is 0 Å². The van der Waals surface area contributed by atoms with Gasteiger partial charge in [0, 0.05) is 12.6 Å². The molecule has 1 atom stereocenters. The van der Waals surface area contributed by atoms with E-state index in [0.717, 1.165) is 12.8 Å². The van der Waals surface area contributed by atoms with Crippen molar-refractivity contribution < 1.29 is 13.2 Å². The number of nitrogens with one attached hydrogen (secondary N) is 3. The van der Waals surface area contributed by atoms with Crippen LogP contribution < -0.4 is 15.4 Å². The molecular weight excluding hydrogens is 278 g/mol. The van der Waals surface area contributed by atoms with Crippen molar-refractivity contribution in [3.8, 4) is 0 Å². The lowest BCUT2D eigenvalue weighted by Crippen LogP contribution is -2.49. The molecule has 118 valence electrons. The summed E-state index contributed by atoms with van der Waals surface area (Å²) in [5.41, 5.74) is 0. The van der Waals surface area contributed by atoms with E-state index in [-0.39, 0.29) is 30.3 Å². The molecule has 0 aromatic carbocycles. The lowest BCUT2D eigenvalue weighted by molar-refractivity contribution is -0.124. The first kappa shape index (κ1) is 17.4. The van der Waals surface area contributed by atoms with Crippen LogP contribution in [0.4, 0.5) is 0 Å². The fourth-order valence-corrected chi connectivity index (χ4v) is 3.03. The molecule has 0 radical (unpaired) electrons. The average Bonchev–Trinajstić information content (AvgIpc) is 2.44. The zero-order valence-corrected chi connectivity index (χ0v) is 13.3. The van der Waals surface area contributed by atoms with Crippen LogP contribution in [0.25, 0.3) is 0 Å². The number of sulfonamides is 1. The van der Waals surface area contributed by atoms with Gasteiger partial charge in [0.05, 0.1) is 11.8 Å². The van der Waals surface area contributed by atoms with Gasteiger partial charge in [0.1, 0.15) is 0 Å². The van der Waals surface area contributed by atoms with E-state index in [9.17, 15) is 13.2 Å². The molecule has 0 aromatic heterocycles. The predicted octanol–water partition coefficient (Wildman–Crippen LogP) is 0.353. The number of hydrogen-bond donors (Lipinski definition) is 3. The van der Waals surface area contributed by atoms with Gasteiger partial charge in [-0.3, -0.25) is 4.79 Å². The monoisotopic (exact) mass is 305 g/mol. The standard InChI is InChI=1S/C13H27N3O3S/c1-3-12(15-9-10-20(18,19)14-2)13(17)16-11-7-5-4-6-8-11/h11-12,14-15H,3-10H2,1-2H3,(H,16,17). The summed E-state index contributed by atoms with van der Waals surface area (Å²) in [6.45, 7) is 2.20. The van der Waals surface area contributed by atoms with E-state index in [0.29, 0.717) is 6.42 Å². The molecule has 1 unspecified atom stereocenters. The van der Waals surface area contributed by atoms with Gasteiger partial charge in [-0.05, 0) is 26.3 Å². The molecule has 1 fully saturated rings. The molecule has 1 aliphatic rings. The Bertz CT molecular complexity index is 392. The summed E-state index contributed by atoms with van der Waals surface area (Å²) >= 11 is 0. The Labute approximate surface area is 122 Å². The van der Waals surface area contributed by atoms with E-state index in [1.165, 1.54) is 26.3 Å². The number of carbonyl (C=O) groups excluding carboxylic acids is 1. The SMILES string of the molecule is CCC(NCCS(=O)(=O)NC)C(=O)NC1CCCCC1. The minimum Gasteiger partial charge on any atom is -0.352 e. The minimum absolute atomic E-state index is 0.0127. The first-order valence-corrected chi connectivity index (χ1v) is 9.08. The molecule has 7 heteroatoms. The second-order valence-corrected chi connectivity index (χ2v) is 7.33. The third-order valence-corrected chi connectivity index (χ3v) is 5.11. The molecule has 1 amide bonds. The van der Waals surface area contributed by atoms with E-state index in [2.05, 4.69) is 15.4 Å². The maximum absolute atomic E-state index is 12.1. The van der Waals surface area contributed by atoms with Crippen molar-refractivity contribution in [2.24, 2.45) is 0 Å². The second kappa shape index (κ2) is 8.59. The van der Waals surface area contributed by atoms with Crippen LogP contribution in [-0.4, -0.2) is 45.8 Å². The highest BCUT2D eigenvalue weighted by molar-refractivity contribution is 7.89. The quantitative estimate of drug-likeness (QED) is 0.604. The molecule has 1 aliphatic carbocycles. The minimum atomic E-state index is -3.22. The van der Waals surface area contributed by atoms with Crippen molar-refractivity contribution >= 4 is 15.9 Å². The lowest BCUT2D eigenvalue weighted by Gasteiger charge is -2.25. The van der Waals surface area contributed by atoms with E-state index in [1.807, 2.05) is 6.92 Å². The molecule has 0 bridgehead atoms. The predicted molar refractivity (Wildman–Crippen MR) is 79.9 cm³/mol. The number of hydrogen-bond acceptors (Lipinski definition) is 4. The molecule has 20 heavy (non-hydrogen) atoms. The normalized spacial score (nSPS) is 18.7. The molecule has 1 saturated carbocycles. The Morgan fingerprint density at radius 2 is 1.90 bits per heavy atom. The molecule has 1 rings (SSSR count). The highest BCUT2D eigenvalue weighted by Gasteiger charge is 2.21. The number of amides is 1. The van der Waals surface area contributed by atoms with Gasteiger partial charge in [0.2, 0.25) is 15.9 Å². The average molecular weight is 305 g/mol. The van der Waals surface area contributed by atoms with Crippen molar-refractivity contribution in [1.82, 2.24) is 15.4 Å². The van der Waals surface area contributed by atoms with Gasteiger partial charge in [-0.2, -0.15) is 0 Å². The first-order chi connectivity index (χ1) is 9.48. The van der Waals surface area contributed by atoms with Gasteiger partial charge in [-0.15, -0.1) is 0 Å². The fourth-order valence-electron chi connectivity index (χ4n) is 2.44. The molecule has 0 aliphatic heterocycles. The summed E-state index contributed by atoms with van der Waals surface area (Å²) < 4.78 is 24.9. The largest absolute Gasteiger partial charge is 0.352 e. The summed E-state index contributed by atoms with van der Waals surface area (Å²) in [5, 5.41) is 6.08. The van der Waals surface area contributed by atoms with Crippen molar-refractivity contribution in [2.45, 2.75) is 57.5 Å². The molecule has 6 nitrogen and oxygen atoms in total. The Morgan fingerprint density at radius 1 is 1.25 bits per heavy atom. The zero-order valence-electron chi connectivity index (χ0n) is 12.4. The summed E-state index contributed by atoms with van der Waals surface area (Å²) in [6.07, 6.45) is 6.36. The van der Waals surface area contributed by atoms with Gasteiger partial charge in [-0.1, -0.05) is 26.2 Å². The lowest BCUT2D eigenvalue weighted by atomic mass is 9.95. The first-order valence-electron chi connectivity index (χ1n) is 7.43. The third kappa shape index (κ3) is 6.19. The number of carbonyl (C=O) groups is 1. The van der Waals surface area contributed by atoms with Crippen molar-refractivity contribution in [1.29, 1.82) is 0 Å². The molecule has 0 heterocycles. The van der Waals surface area contributed by atoms with Crippen LogP contribution in [0.15, 0.2) is 0 Å². The van der Waals surface area contributed by atoms with Gasteiger partial charge in [0.15, 0.2) is 0 Å². The summed E-state index contributed by atoms with van der Waals surface area (Å²) in [7, 11) is -1.83. The van der Waals surface area contributed by atoms with Crippen LogP contribution in [0.1, 0.15) is 45.4 Å². The van der Waals surface area contributed by atoms with Crippen molar-refractivity contribution in [2.75, 3.05) is 19.3 Å². The second-order valence-electron chi connectivity index (χ2n) is 5.28. The Kier molecular flexibility index (Phi) is 7.47. The van der Waals surface area contributed by atoms with Gasteiger partial charge in [0.25, 0.3) is 0 Å². The fraction of sp³-hybridized carbons (Fsp3) is 0.923. The number of rotatable bonds is 8. The van der Waals surface area contributed by atoms with Gasteiger partial charge in [-0.25, -0.2) is 13.1 Å². The van der Waals surface area contributed by atoms with Crippen LogP contribution in [0, 0.1) is 0 Å². The Hall–Kier alpha value is -0.660. The highest BCUT2D eigenvalue weighted by Crippen LogP contribution is 2.17. The van der Waals surface area contributed by atoms with Gasteiger partial charge < -0.3 is 10.6 Å². The smallest absolute Gasteiger partial charge is 0.237 e. The third-order valence-electron chi connectivity index (χ3n) is 3.75. The molecule has 3 N–H and O–H groups in total. The van der Waals surface area contributed by atoms with Crippen LogP contribution in [-0.2, 0) is 14.8 Å². The molecule has 0 spiro atoms. The van der Waals surface area contributed by atoms with E-state index >= 15 is 0 Å². The maximum Gasteiger partial charge on any atom is 0.237 e. The Balaban J connectivity index is 2.34. The van der Waals surface area contributed by atoms with E-state index in [1.54, 1.807) is 0 Å². The molecule has 0 saturated heterocycles. The van der Waals surface area contributed by atoms with Crippen molar-refractivity contribution in [3.63, 3.8) is 0 Å². The zero-order chi connectivity index (χ0) is 15.0. The summed E-state index contributed by atoms with van der Waals surface area (Å²) in [4.78, 5) is 12.1. The van der Waals surface area contributed by atoms with Crippen LogP contribution >= 0.6 is 0 Å². The van der Waals surface area contributed by atoms with E-state index < -0.39 is 10.0 Å². The van der Waals surface area contributed by atoms with Crippen LogP contribution in [0.5, 0.6) is 0 Å².